The third kappa shape index (κ3) is 1.32. The van der Waals surface area contributed by atoms with Crippen LogP contribution in [0.4, 0.5) is 0 Å². The number of hydrogen-bond donors (Lipinski definition) is 1. The molecule has 0 saturated heterocycles. The third-order valence-electron chi connectivity index (χ3n) is 1.51. The van der Waals surface area contributed by atoms with Gasteiger partial charge in [0.15, 0.2) is 5.69 Å². The topological polar surface area (TPSA) is 98.6 Å². The Hall–Kier alpha value is -2.25. The zero-order valence-electron chi connectivity index (χ0n) is 7.21. The Morgan fingerprint density at radius 3 is 3.14 bits per heavy atom. The van der Waals surface area contributed by atoms with E-state index < -0.39 is 5.97 Å². The summed E-state index contributed by atoms with van der Waals surface area (Å²) < 4.78 is 5.76. The minimum atomic E-state index is -0.546. The minimum absolute atomic E-state index is 0.115. The molecule has 2 rings (SSSR count). The first-order valence-corrected chi connectivity index (χ1v) is 3.67. The molecule has 0 spiro atoms. The van der Waals surface area contributed by atoms with Crippen LogP contribution in [-0.4, -0.2) is 43.3 Å². The van der Waals surface area contributed by atoms with Crippen molar-refractivity contribution in [1.29, 1.82) is 0 Å². The maximum atomic E-state index is 11.0. The number of esters is 1. The molecule has 1 N–H and O–H groups in total. The van der Waals surface area contributed by atoms with Gasteiger partial charge < -0.3 is 4.74 Å². The number of aromatic nitrogens is 6. The SMILES string of the molecule is COC(=O)c1cn(-c2ncn[nH]2)nn1. The first-order chi connectivity index (χ1) is 6.81. The Balaban J connectivity index is 2.31. The van der Waals surface area contributed by atoms with E-state index in [0.717, 1.165) is 0 Å². The average Bonchev–Trinajstić information content (AvgIpc) is 2.86. The number of H-pyrrole nitrogens is 1. The normalized spacial score (nSPS) is 10.1. The Morgan fingerprint density at radius 1 is 1.64 bits per heavy atom. The van der Waals surface area contributed by atoms with Gasteiger partial charge >= 0.3 is 5.97 Å². The van der Waals surface area contributed by atoms with Crippen molar-refractivity contribution in [3.8, 4) is 5.95 Å². The molecule has 14 heavy (non-hydrogen) atoms. The fourth-order valence-electron chi connectivity index (χ4n) is 0.875. The van der Waals surface area contributed by atoms with Crippen LogP contribution in [0.1, 0.15) is 10.5 Å². The van der Waals surface area contributed by atoms with Gasteiger partial charge in [0.05, 0.1) is 13.3 Å². The molecule has 0 aliphatic heterocycles. The maximum Gasteiger partial charge on any atom is 0.360 e. The van der Waals surface area contributed by atoms with Gasteiger partial charge in [-0.3, -0.25) is 0 Å². The minimum Gasteiger partial charge on any atom is -0.464 e. The second-order valence-corrected chi connectivity index (χ2v) is 2.35. The Bertz CT molecular complexity index is 433. The van der Waals surface area contributed by atoms with E-state index >= 15 is 0 Å². The summed E-state index contributed by atoms with van der Waals surface area (Å²) in [4.78, 5) is 14.8. The lowest BCUT2D eigenvalue weighted by atomic mass is 10.5. The van der Waals surface area contributed by atoms with Crippen molar-refractivity contribution in [2.75, 3.05) is 7.11 Å². The van der Waals surface area contributed by atoms with Gasteiger partial charge in [0.25, 0.3) is 0 Å². The van der Waals surface area contributed by atoms with Gasteiger partial charge in [-0.1, -0.05) is 5.21 Å². The van der Waals surface area contributed by atoms with Gasteiger partial charge in [-0.05, 0) is 0 Å². The maximum absolute atomic E-state index is 11.0. The standard InChI is InChI=1S/C6H6N6O2/c1-14-5(13)4-2-12(11-9-4)6-7-3-8-10-6/h2-3H,1H3,(H,7,8,10). The highest BCUT2D eigenvalue weighted by Crippen LogP contribution is 1.99. The summed E-state index contributed by atoms with van der Waals surface area (Å²) in [6.07, 6.45) is 2.72. The van der Waals surface area contributed by atoms with Crippen molar-refractivity contribution in [1.82, 2.24) is 30.2 Å². The van der Waals surface area contributed by atoms with E-state index in [4.69, 9.17) is 0 Å². The summed E-state index contributed by atoms with van der Waals surface area (Å²) in [5.74, 6) is -0.164. The van der Waals surface area contributed by atoms with E-state index in [0.29, 0.717) is 5.95 Å². The summed E-state index contributed by atoms with van der Waals surface area (Å²) in [5.41, 5.74) is 0.115. The molecule has 8 nitrogen and oxygen atoms in total. The number of nitrogens with one attached hydrogen (secondary N) is 1. The second kappa shape index (κ2) is 3.24. The molecular weight excluding hydrogens is 188 g/mol. The molecule has 0 bridgehead atoms. The molecule has 72 valence electrons. The molecule has 0 unspecified atom stereocenters. The van der Waals surface area contributed by atoms with Crippen molar-refractivity contribution in [2.24, 2.45) is 0 Å². The molecule has 2 aromatic heterocycles. The van der Waals surface area contributed by atoms with Gasteiger partial charge in [-0.2, -0.15) is 14.8 Å². The van der Waals surface area contributed by atoms with Crippen LogP contribution in [0.15, 0.2) is 12.5 Å². The average molecular weight is 194 g/mol. The van der Waals surface area contributed by atoms with E-state index in [-0.39, 0.29) is 5.69 Å². The fraction of sp³-hybridized carbons (Fsp3) is 0.167. The molecule has 2 heterocycles. The molecule has 0 saturated carbocycles. The van der Waals surface area contributed by atoms with Gasteiger partial charge in [0.1, 0.15) is 6.33 Å². The lowest BCUT2D eigenvalue weighted by Crippen LogP contribution is -2.01. The monoisotopic (exact) mass is 194 g/mol. The Morgan fingerprint density at radius 2 is 2.50 bits per heavy atom. The first-order valence-electron chi connectivity index (χ1n) is 3.67. The largest absolute Gasteiger partial charge is 0.464 e. The van der Waals surface area contributed by atoms with Crippen LogP contribution in [0.2, 0.25) is 0 Å². The van der Waals surface area contributed by atoms with Crippen molar-refractivity contribution >= 4 is 5.97 Å². The lowest BCUT2D eigenvalue weighted by Gasteiger charge is -1.90. The highest BCUT2D eigenvalue weighted by atomic mass is 16.5. The van der Waals surface area contributed by atoms with Gasteiger partial charge in [-0.15, -0.1) is 5.10 Å². The molecule has 0 radical (unpaired) electrons. The zero-order chi connectivity index (χ0) is 9.97. The van der Waals surface area contributed by atoms with Crippen molar-refractivity contribution in [3.05, 3.63) is 18.2 Å². The first kappa shape index (κ1) is 8.35. The van der Waals surface area contributed by atoms with Crippen LogP contribution >= 0.6 is 0 Å². The molecule has 8 heteroatoms. The van der Waals surface area contributed by atoms with Crippen LogP contribution in [0, 0.1) is 0 Å². The number of aromatic amines is 1. The smallest absolute Gasteiger partial charge is 0.360 e. The molecule has 0 aliphatic carbocycles. The molecule has 0 amide bonds. The van der Waals surface area contributed by atoms with Crippen molar-refractivity contribution < 1.29 is 9.53 Å². The lowest BCUT2D eigenvalue weighted by molar-refractivity contribution is 0.0594. The summed E-state index contributed by atoms with van der Waals surface area (Å²) in [6, 6.07) is 0. The number of rotatable bonds is 2. The quantitative estimate of drug-likeness (QED) is 0.626. The summed E-state index contributed by atoms with van der Waals surface area (Å²) in [7, 11) is 1.27. The molecular formula is C6H6N6O2. The number of ether oxygens (including phenoxy) is 1. The summed E-state index contributed by atoms with van der Waals surface area (Å²) >= 11 is 0. The predicted molar refractivity (Wildman–Crippen MR) is 42.6 cm³/mol. The fourth-order valence-corrected chi connectivity index (χ4v) is 0.875. The summed E-state index contributed by atoms with van der Waals surface area (Å²) in [6.45, 7) is 0. The number of carbonyl (C=O) groups excluding carboxylic acids is 1. The van der Waals surface area contributed by atoms with Crippen LogP contribution in [0.5, 0.6) is 0 Å². The molecule has 2 aromatic rings. The number of hydrogen-bond acceptors (Lipinski definition) is 6. The van der Waals surface area contributed by atoms with Crippen molar-refractivity contribution in [3.63, 3.8) is 0 Å². The van der Waals surface area contributed by atoms with Crippen LogP contribution < -0.4 is 0 Å². The van der Waals surface area contributed by atoms with Crippen molar-refractivity contribution in [2.45, 2.75) is 0 Å². The second-order valence-electron chi connectivity index (χ2n) is 2.35. The van der Waals surface area contributed by atoms with Gasteiger partial charge in [0, 0.05) is 0 Å². The van der Waals surface area contributed by atoms with Gasteiger partial charge in [-0.25, -0.2) is 9.89 Å². The number of methoxy groups -OCH3 is 1. The summed E-state index contributed by atoms with van der Waals surface area (Å²) in [5, 5.41) is 13.5. The van der Waals surface area contributed by atoms with E-state index in [1.54, 1.807) is 0 Å². The van der Waals surface area contributed by atoms with E-state index in [1.165, 1.54) is 24.3 Å². The van der Waals surface area contributed by atoms with Crippen LogP contribution in [0.25, 0.3) is 5.95 Å². The highest BCUT2D eigenvalue weighted by molar-refractivity contribution is 5.86. The Labute approximate surface area is 77.9 Å². The van der Waals surface area contributed by atoms with Gasteiger partial charge in [0.2, 0.25) is 5.95 Å². The molecule has 0 aliphatic rings. The molecule has 0 fully saturated rings. The number of nitrogens with zero attached hydrogens (tertiary/aromatic N) is 5. The molecule has 0 aromatic carbocycles. The third-order valence-corrected chi connectivity index (χ3v) is 1.51. The van der Waals surface area contributed by atoms with Crippen LogP contribution in [-0.2, 0) is 4.74 Å². The van der Waals surface area contributed by atoms with E-state index in [2.05, 4.69) is 30.2 Å². The molecule has 0 atom stereocenters. The zero-order valence-corrected chi connectivity index (χ0v) is 7.21. The van der Waals surface area contributed by atoms with E-state index in [1.807, 2.05) is 0 Å². The number of carbonyl (C=O) groups is 1. The predicted octanol–water partition coefficient (Wildman–Crippen LogP) is -0.828. The van der Waals surface area contributed by atoms with Crippen LogP contribution in [0.3, 0.4) is 0 Å². The van der Waals surface area contributed by atoms with E-state index in [9.17, 15) is 4.79 Å². The Kier molecular flexibility index (Phi) is 1.94. The highest BCUT2D eigenvalue weighted by Gasteiger charge is 2.11.